The molecule has 1 aromatic heterocycles. The number of phenols is 1. The molecule has 19 nitrogen and oxygen atoms in total. The lowest BCUT2D eigenvalue weighted by Gasteiger charge is -2.35. The predicted octanol–water partition coefficient (Wildman–Crippen LogP) is 16.8. The number of ether oxygens (including phenoxy) is 8. The molecule has 6 aromatic rings. The van der Waals surface area contributed by atoms with Gasteiger partial charge in [0.2, 0.25) is 0 Å². The third kappa shape index (κ3) is 31.7. The van der Waals surface area contributed by atoms with Crippen molar-refractivity contribution in [3.63, 3.8) is 0 Å². The summed E-state index contributed by atoms with van der Waals surface area (Å²) in [7, 11) is 0. The SMILES string of the molecule is CCCCCCCC1(OCC)Cc2ccccc2OC1=O.CCCCCCCC1Cc2ccccc2OC1=O.CCCCCCCI.CCOC(=O)C1Cc2ccccc2OC1=O.CCOC(=O)CC(=O)OCC.CCOC(=O)c1cc2ccccc2oc1=O.O=Cc1ccccc1O. The van der Waals surface area contributed by atoms with Crippen LogP contribution < -0.4 is 19.8 Å². The Balaban J connectivity index is 0.000000307. The lowest BCUT2D eigenvalue weighted by Crippen LogP contribution is -2.49. The second-order valence-electron chi connectivity index (χ2n) is 23.2. The molecule has 99 heavy (non-hydrogen) atoms. The Kier molecular flexibility index (Phi) is 43.0. The van der Waals surface area contributed by atoms with E-state index in [0.717, 1.165) is 55.4 Å². The number of rotatable bonds is 28. The van der Waals surface area contributed by atoms with E-state index in [1.807, 2.05) is 61.5 Å². The van der Waals surface area contributed by atoms with E-state index < -0.39 is 47.0 Å². The molecule has 0 amide bonds. The summed E-state index contributed by atoms with van der Waals surface area (Å²) in [4.78, 5) is 102. The first-order valence-electron chi connectivity index (χ1n) is 34.9. The molecule has 0 saturated carbocycles. The fourth-order valence-corrected chi connectivity index (χ4v) is 11.0. The van der Waals surface area contributed by atoms with E-state index in [1.165, 1.54) is 99.2 Å². The first-order chi connectivity index (χ1) is 47.9. The zero-order valence-corrected chi connectivity index (χ0v) is 61.3. The summed E-state index contributed by atoms with van der Waals surface area (Å²) in [5.74, 6) is -1.77. The summed E-state index contributed by atoms with van der Waals surface area (Å²) in [5.41, 5.74) is 2.38. The van der Waals surface area contributed by atoms with E-state index in [1.54, 1.807) is 82.3 Å². The average Bonchev–Trinajstić information content (AvgIpc) is 0.797. The van der Waals surface area contributed by atoms with E-state index in [0.29, 0.717) is 53.8 Å². The third-order valence-corrected chi connectivity index (χ3v) is 16.3. The number of alkyl halides is 1. The predicted molar refractivity (Wildman–Crippen MR) is 390 cm³/mol. The molecule has 0 bridgehead atoms. The monoisotopic (exact) mass is 1480 g/mol. The molecule has 3 aliphatic rings. The van der Waals surface area contributed by atoms with Crippen molar-refractivity contribution in [1.29, 1.82) is 0 Å². The number of halogens is 1. The summed E-state index contributed by atoms with van der Waals surface area (Å²) in [5, 5.41) is 9.58. The molecule has 1 N–H and O–H groups in total. The Morgan fingerprint density at radius 3 is 1.58 bits per heavy atom. The van der Waals surface area contributed by atoms with Gasteiger partial charge < -0.3 is 47.4 Å². The number of fused-ring (bicyclic) bond motifs is 4. The van der Waals surface area contributed by atoms with Crippen molar-refractivity contribution >= 4 is 81.6 Å². The van der Waals surface area contributed by atoms with Crippen LogP contribution in [0, 0.1) is 11.8 Å². The summed E-state index contributed by atoms with van der Waals surface area (Å²) in [6, 6.07) is 37.7. The van der Waals surface area contributed by atoms with Gasteiger partial charge in [-0.1, -0.05) is 212 Å². The number of aldehydes is 1. The molecule has 0 fully saturated rings. The highest BCUT2D eigenvalue weighted by atomic mass is 127. The Hall–Kier alpha value is -8.24. The largest absolute Gasteiger partial charge is 0.507 e. The first-order valence-corrected chi connectivity index (χ1v) is 36.5. The van der Waals surface area contributed by atoms with Crippen LogP contribution >= 0.6 is 22.6 Å². The maximum absolute atomic E-state index is 12.4. The fourth-order valence-electron chi connectivity index (χ4n) is 10.4. The Labute approximate surface area is 597 Å². The Morgan fingerprint density at radius 2 is 1.03 bits per heavy atom. The maximum atomic E-state index is 12.4. The molecule has 3 atom stereocenters. The number of aromatic hydroxyl groups is 1. The molecule has 20 heteroatoms. The topological polar surface area (TPSA) is 261 Å². The number of para-hydroxylation sites is 5. The fraction of sp³-hybridized carbons (Fsp3) is 0.481. The molecule has 0 saturated heterocycles. The van der Waals surface area contributed by atoms with Gasteiger partial charge in [0.25, 0.3) is 0 Å². The van der Waals surface area contributed by atoms with Gasteiger partial charge >= 0.3 is 47.4 Å². The number of phenolic OH excluding ortho intramolecular Hbond substituents is 1. The van der Waals surface area contributed by atoms with Gasteiger partial charge in [0.05, 0.1) is 37.9 Å². The molecule has 4 heterocycles. The Morgan fingerprint density at radius 1 is 0.535 bits per heavy atom. The lowest BCUT2D eigenvalue weighted by molar-refractivity contribution is -0.166. The van der Waals surface area contributed by atoms with Crippen molar-refractivity contribution in [3.8, 4) is 23.0 Å². The van der Waals surface area contributed by atoms with Gasteiger partial charge in [-0.25, -0.2) is 14.4 Å². The second-order valence-corrected chi connectivity index (χ2v) is 24.3. The minimum Gasteiger partial charge on any atom is -0.507 e. The van der Waals surface area contributed by atoms with E-state index in [9.17, 15) is 43.2 Å². The lowest BCUT2D eigenvalue weighted by atomic mass is 9.86. The van der Waals surface area contributed by atoms with Crippen LogP contribution in [0.25, 0.3) is 11.0 Å². The summed E-state index contributed by atoms with van der Waals surface area (Å²) < 4.78 is 46.8. The van der Waals surface area contributed by atoms with Crippen LogP contribution in [0.4, 0.5) is 0 Å². The minimum absolute atomic E-state index is 0.0347. The number of hydrogen-bond acceptors (Lipinski definition) is 19. The molecule has 5 aromatic carbocycles. The van der Waals surface area contributed by atoms with Crippen LogP contribution in [0.3, 0.4) is 0 Å². The van der Waals surface area contributed by atoms with Crippen molar-refractivity contribution in [2.24, 2.45) is 11.8 Å². The van der Waals surface area contributed by atoms with Gasteiger partial charge in [0, 0.05) is 24.8 Å². The van der Waals surface area contributed by atoms with Crippen LogP contribution in [-0.2, 0) is 71.7 Å². The van der Waals surface area contributed by atoms with Crippen molar-refractivity contribution in [2.75, 3.05) is 37.5 Å². The average molecular weight is 1480 g/mol. The van der Waals surface area contributed by atoms with Crippen molar-refractivity contribution in [2.45, 2.75) is 196 Å². The zero-order chi connectivity index (χ0) is 72.6. The second kappa shape index (κ2) is 50.1. The number of carbonyl (C=O) groups excluding carboxylic acids is 8. The van der Waals surface area contributed by atoms with E-state index in [2.05, 4.69) is 58.9 Å². The number of esters is 7. The smallest absolute Gasteiger partial charge is 0.351 e. The van der Waals surface area contributed by atoms with Gasteiger partial charge in [-0.2, -0.15) is 0 Å². The van der Waals surface area contributed by atoms with Crippen molar-refractivity contribution in [3.05, 3.63) is 166 Å². The van der Waals surface area contributed by atoms with Crippen LogP contribution in [0.15, 0.2) is 137 Å². The van der Waals surface area contributed by atoms with Crippen molar-refractivity contribution in [1.82, 2.24) is 0 Å². The highest BCUT2D eigenvalue weighted by Crippen LogP contribution is 2.36. The third-order valence-electron chi connectivity index (χ3n) is 15.6. The molecule has 3 unspecified atom stereocenters. The highest BCUT2D eigenvalue weighted by Gasteiger charge is 2.45. The molecular weight excluding hydrogens is 1380 g/mol. The number of hydrogen-bond donors (Lipinski definition) is 1. The van der Waals surface area contributed by atoms with Gasteiger partial charge in [0.15, 0.2) is 17.8 Å². The molecule has 9 rings (SSSR count). The molecule has 0 spiro atoms. The number of unbranched alkanes of at least 4 members (excludes halogenated alkanes) is 12. The number of benzene rings is 5. The normalized spacial score (nSPS) is 15.0. The molecule has 3 aliphatic heterocycles. The minimum atomic E-state index is -0.824. The van der Waals surface area contributed by atoms with Gasteiger partial charge in [-0.05, 0) is 130 Å². The molecule has 0 aliphatic carbocycles. The maximum Gasteiger partial charge on any atom is 0.351 e. The van der Waals surface area contributed by atoms with Crippen LogP contribution in [-0.4, -0.2) is 96.2 Å². The standard InChI is InChI=1S/C18H26O3.C16H22O2.C12H12O4.C12H10O4.C7H15I.C7H12O4.C7H6O2/c1-3-5-6-7-10-13-18(20-4-2)14-15-11-8-9-12-16(15)21-17(18)19;1-2-3-4-5-6-10-14-12-13-9-7-8-11-15(13)18-16(14)17;2*1-2-15-11(13)9-7-8-5-3-4-6-10(8)16-12(9)14;1-2-3-4-5-6-7-8;1-3-10-6(8)5-7(9)11-4-2;8-5-6-3-1-2-4-7(6)9/h8-9,11-12H,3-7,10,13-14H2,1-2H3;7-9,11,14H,2-6,10,12H2,1H3;3-6,9H,2,7H2,1H3;3-7H,2H2,1H3;2-7H2,1H3;3-5H2,1-2H3;1-5,9H. The van der Waals surface area contributed by atoms with E-state index >= 15 is 0 Å². The quantitative estimate of drug-likeness (QED) is 0.00551. The van der Waals surface area contributed by atoms with E-state index in [-0.39, 0.29) is 62.0 Å². The summed E-state index contributed by atoms with van der Waals surface area (Å²) in [6.45, 7) is 17.0. The highest BCUT2D eigenvalue weighted by molar-refractivity contribution is 14.1. The zero-order valence-electron chi connectivity index (χ0n) is 59.1. The molecular formula is C79H103IO19. The van der Waals surface area contributed by atoms with Crippen molar-refractivity contribution < 1.29 is 85.8 Å². The first kappa shape index (κ1) is 85.0. The van der Waals surface area contributed by atoms with Crippen LogP contribution in [0.1, 0.15) is 208 Å². The molecule has 540 valence electrons. The Bertz CT molecular complexity index is 3430. The summed E-state index contributed by atoms with van der Waals surface area (Å²) >= 11 is 2.44. The van der Waals surface area contributed by atoms with E-state index in [4.69, 9.17) is 37.9 Å². The van der Waals surface area contributed by atoms with Gasteiger partial charge in [-0.3, -0.25) is 28.8 Å². The number of carbonyl (C=O) groups is 8. The van der Waals surface area contributed by atoms with Crippen LogP contribution in [0.2, 0.25) is 0 Å². The van der Waals surface area contributed by atoms with Crippen LogP contribution in [0.5, 0.6) is 23.0 Å². The molecule has 0 radical (unpaired) electrons. The van der Waals surface area contributed by atoms with Gasteiger partial charge in [-0.15, -0.1) is 0 Å². The summed E-state index contributed by atoms with van der Waals surface area (Å²) in [6.07, 6.45) is 23.1. The van der Waals surface area contributed by atoms with Gasteiger partial charge in [0.1, 0.15) is 40.6 Å².